The molecule has 0 bridgehead atoms. The van der Waals surface area contributed by atoms with E-state index in [-0.39, 0.29) is 5.78 Å². The number of Topliss-reactive ketones (excluding diaryl/α,β-unsaturated/α-hetero) is 1. The van der Waals surface area contributed by atoms with Crippen molar-refractivity contribution in [3.63, 3.8) is 0 Å². The molecule has 100 valence electrons. The predicted octanol–water partition coefficient (Wildman–Crippen LogP) is 2.48. The average Bonchev–Trinajstić information content (AvgIpc) is 2.91. The van der Waals surface area contributed by atoms with Gasteiger partial charge in [-0.05, 0) is 31.0 Å². The number of ether oxygens (including phenoxy) is 1. The molecule has 0 radical (unpaired) electrons. The molecule has 1 heterocycles. The summed E-state index contributed by atoms with van der Waals surface area (Å²) in [6.07, 6.45) is 6.45. The summed E-state index contributed by atoms with van der Waals surface area (Å²) < 4.78 is 7.17. The SMILES string of the molecule is CCOc1ccc(CCC(=O)Cn2ccnc2)cc1. The van der Waals surface area contributed by atoms with Crippen LogP contribution >= 0.6 is 0 Å². The Morgan fingerprint density at radius 3 is 2.74 bits per heavy atom. The fourth-order valence-corrected chi connectivity index (χ4v) is 1.87. The maximum Gasteiger partial charge on any atom is 0.152 e. The monoisotopic (exact) mass is 258 g/mol. The van der Waals surface area contributed by atoms with Crippen LogP contribution < -0.4 is 4.74 Å². The molecule has 4 nitrogen and oxygen atoms in total. The van der Waals surface area contributed by atoms with Gasteiger partial charge in [-0.2, -0.15) is 0 Å². The number of carbonyl (C=O) groups excluding carboxylic acids is 1. The van der Waals surface area contributed by atoms with Crippen molar-refractivity contribution in [1.29, 1.82) is 0 Å². The number of ketones is 1. The van der Waals surface area contributed by atoms with Crippen LogP contribution in [0.25, 0.3) is 0 Å². The van der Waals surface area contributed by atoms with Crippen LogP contribution in [0.5, 0.6) is 5.75 Å². The number of carbonyl (C=O) groups is 1. The predicted molar refractivity (Wildman–Crippen MR) is 73.2 cm³/mol. The van der Waals surface area contributed by atoms with Gasteiger partial charge in [-0.3, -0.25) is 4.79 Å². The van der Waals surface area contributed by atoms with E-state index in [0.29, 0.717) is 19.6 Å². The van der Waals surface area contributed by atoms with Crippen LogP contribution in [-0.4, -0.2) is 21.9 Å². The minimum Gasteiger partial charge on any atom is -0.494 e. The minimum atomic E-state index is 0.215. The van der Waals surface area contributed by atoms with Crippen LogP contribution in [-0.2, 0) is 17.8 Å². The van der Waals surface area contributed by atoms with Gasteiger partial charge in [-0.15, -0.1) is 0 Å². The molecule has 0 aliphatic heterocycles. The second-order valence-corrected chi connectivity index (χ2v) is 4.35. The Hall–Kier alpha value is -2.10. The lowest BCUT2D eigenvalue weighted by Crippen LogP contribution is -2.09. The van der Waals surface area contributed by atoms with Gasteiger partial charge in [0.05, 0.1) is 19.5 Å². The first-order chi connectivity index (χ1) is 9.28. The van der Waals surface area contributed by atoms with E-state index < -0.39 is 0 Å². The molecule has 0 saturated heterocycles. The van der Waals surface area contributed by atoms with Gasteiger partial charge in [0.2, 0.25) is 0 Å². The molecule has 0 atom stereocenters. The molecule has 1 aromatic carbocycles. The lowest BCUT2D eigenvalue weighted by atomic mass is 10.1. The second-order valence-electron chi connectivity index (χ2n) is 4.35. The Labute approximate surface area is 113 Å². The van der Waals surface area contributed by atoms with Crippen molar-refractivity contribution in [2.75, 3.05) is 6.61 Å². The fraction of sp³-hybridized carbons (Fsp3) is 0.333. The van der Waals surface area contributed by atoms with E-state index in [9.17, 15) is 4.79 Å². The summed E-state index contributed by atoms with van der Waals surface area (Å²) in [5.74, 6) is 1.09. The van der Waals surface area contributed by atoms with E-state index in [2.05, 4.69) is 4.98 Å². The van der Waals surface area contributed by atoms with Crippen LogP contribution in [0.4, 0.5) is 0 Å². The van der Waals surface area contributed by atoms with E-state index in [0.717, 1.165) is 17.7 Å². The van der Waals surface area contributed by atoms with Crippen molar-refractivity contribution in [1.82, 2.24) is 9.55 Å². The van der Waals surface area contributed by atoms with E-state index in [1.165, 1.54) is 0 Å². The normalized spacial score (nSPS) is 10.4. The quantitative estimate of drug-likeness (QED) is 0.766. The minimum absolute atomic E-state index is 0.215. The summed E-state index contributed by atoms with van der Waals surface area (Å²) in [7, 11) is 0. The molecular weight excluding hydrogens is 240 g/mol. The Bertz CT molecular complexity index is 503. The third-order valence-electron chi connectivity index (χ3n) is 2.84. The second kappa shape index (κ2) is 6.73. The molecule has 0 unspecified atom stereocenters. The zero-order valence-corrected chi connectivity index (χ0v) is 11.1. The van der Waals surface area contributed by atoms with Crippen molar-refractivity contribution >= 4 is 5.78 Å². The van der Waals surface area contributed by atoms with Gasteiger partial charge in [-0.1, -0.05) is 12.1 Å². The van der Waals surface area contributed by atoms with Gasteiger partial charge < -0.3 is 9.30 Å². The van der Waals surface area contributed by atoms with Gasteiger partial charge in [0.1, 0.15) is 5.75 Å². The lowest BCUT2D eigenvalue weighted by molar-refractivity contribution is -0.119. The van der Waals surface area contributed by atoms with Crippen LogP contribution in [0.15, 0.2) is 43.0 Å². The topological polar surface area (TPSA) is 44.1 Å². The number of aromatic nitrogens is 2. The summed E-state index contributed by atoms with van der Waals surface area (Å²) >= 11 is 0. The number of hydrogen-bond acceptors (Lipinski definition) is 3. The highest BCUT2D eigenvalue weighted by Gasteiger charge is 2.04. The summed E-state index contributed by atoms with van der Waals surface area (Å²) in [5, 5.41) is 0. The summed E-state index contributed by atoms with van der Waals surface area (Å²) in [4.78, 5) is 15.7. The number of nitrogens with zero attached hydrogens (tertiary/aromatic N) is 2. The Morgan fingerprint density at radius 1 is 1.32 bits per heavy atom. The highest BCUT2D eigenvalue weighted by atomic mass is 16.5. The number of rotatable bonds is 7. The Kier molecular flexibility index (Phi) is 4.72. The molecule has 0 saturated carbocycles. The third-order valence-corrected chi connectivity index (χ3v) is 2.84. The Morgan fingerprint density at radius 2 is 2.11 bits per heavy atom. The zero-order valence-electron chi connectivity index (χ0n) is 11.1. The van der Waals surface area contributed by atoms with Crippen molar-refractivity contribution in [3.8, 4) is 5.75 Å². The smallest absolute Gasteiger partial charge is 0.152 e. The standard InChI is InChI=1S/C15H18N2O2/c1-2-19-15-7-4-13(5-8-15)3-6-14(18)11-17-10-9-16-12-17/h4-5,7-10,12H,2-3,6,11H2,1H3. The molecule has 19 heavy (non-hydrogen) atoms. The number of aryl methyl sites for hydroxylation is 1. The molecule has 1 aromatic heterocycles. The van der Waals surface area contributed by atoms with Crippen LogP contribution in [0.2, 0.25) is 0 Å². The first-order valence-corrected chi connectivity index (χ1v) is 6.47. The lowest BCUT2D eigenvalue weighted by Gasteiger charge is -2.05. The molecule has 0 amide bonds. The zero-order chi connectivity index (χ0) is 13.5. The molecule has 0 spiro atoms. The average molecular weight is 258 g/mol. The van der Waals surface area contributed by atoms with Gasteiger partial charge in [0.25, 0.3) is 0 Å². The van der Waals surface area contributed by atoms with E-state index in [1.807, 2.05) is 31.2 Å². The highest BCUT2D eigenvalue weighted by Crippen LogP contribution is 2.13. The molecular formula is C15H18N2O2. The number of imidazole rings is 1. The highest BCUT2D eigenvalue weighted by molar-refractivity contribution is 5.78. The number of benzene rings is 1. The van der Waals surface area contributed by atoms with Crippen molar-refractivity contribution in [2.24, 2.45) is 0 Å². The molecule has 0 aliphatic carbocycles. The maximum absolute atomic E-state index is 11.8. The molecule has 0 N–H and O–H groups in total. The van der Waals surface area contributed by atoms with Gasteiger partial charge in [-0.25, -0.2) is 4.98 Å². The molecule has 2 aromatic rings. The van der Waals surface area contributed by atoms with Gasteiger partial charge in [0, 0.05) is 18.8 Å². The maximum atomic E-state index is 11.8. The van der Waals surface area contributed by atoms with Crippen LogP contribution in [0.3, 0.4) is 0 Å². The number of hydrogen-bond donors (Lipinski definition) is 0. The first kappa shape index (κ1) is 13.3. The van der Waals surface area contributed by atoms with E-state index in [4.69, 9.17) is 4.74 Å². The largest absolute Gasteiger partial charge is 0.494 e. The van der Waals surface area contributed by atoms with Gasteiger partial charge in [0.15, 0.2) is 5.78 Å². The molecule has 0 fully saturated rings. The fourth-order valence-electron chi connectivity index (χ4n) is 1.87. The summed E-state index contributed by atoms with van der Waals surface area (Å²) in [6.45, 7) is 3.03. The Balaban J connectivity index is 1.79. The first-order valence-electron chi connectivity index (χ1n) is 6.47. The third kappa shape index (κ3) is 4.25. The van der Waals surface area contributed by atoms with Crippen molar-refractivity contribution in [2.45, 2.75) is 26.3 Å². The van der Waals surface area contributed by atoms with E-state index in [1.54, 1.807) is 23.3 Å². The molecule has 0 aliphatic rings. The van der Waals surface area contributed by atoms with E-state index >= 15 is 0 Å². The van der Waals surface area contributed by atoms with Crippen LogP contribution in [0.1, 0.15) is 18.9 Å². The molecule has 4 heteroatoms. The summed E-state index contributed by atoms with van der Waals surface area (Å²) in [5.41, 5.74) is 1.16. The van der Waals surface area contributed by atoms with Crippen molar-refractivity contribution < 1.29 is 9.53 Å². The van der Waals surface area contributed by atoms with Gasteiger partial charge >= 0.3 is 0 Å². The molecule has 2 rings (SSSR count). The van der Waals surface area contributed by atoms with Crippen LogP contribution in [0, 0.1) is 0 Å². The summed E-state index contributed by atoms with van der Waals surface area (Å²) in [6, 6.07) is 7.91. The van der Waals surface area contributed by atoms with Crippen molar-refractivity contribution in [3.05, 3.63) is 48.5 Å².